The fourth-order valence-electron chi connectivity index (χ4n) is 1.69. The first-order valence-electron chi connectivity index (χ1n) is 6.24. The Morgan fingerprint density at radius 1 is 0.882 bits per heavy atom. The zero-order valence-electron chi connectivity index (χ0n) is 12.7. The van der Waals surface area contributed by atoms with Gasteiger partial charge in [0.05, 0.1) is 0 Å². The van der Waals surface area contributed by atoms with E-state index >= 15 is 0 Å². The Morgan fingerprint density at radius 3 is 1.76 bits per heavy atom. The number of hydrogen-bond acceptors (Lipinski definition) is 1. The molecule has 1 nitrogen and oxygen atoms in total. The Balaban J connectivity index is 5.12. The van der Waals surface area contributed by atoms with Gasteiger partial charge in [0.1, 0.15) is 0 Å². The van der Waals surface area contributed by atoms with Crippen molar-refractivity contribution in [3.05, 3.63) is 33.9 Å². The van der Waals surface area contributed by atoms with Gasteiger partial charge in [-0.1, -0.05) is 22.8 Å². The van der Waals surface area contributed by atoms with E-state index in [-0.39, 0.29) is 0 Å². The summed E-state index contributed by atoms with van der Waals surface area (Å²) in [5.41, 5.74) is 8.09. The second-order valence-electron chi connectivity index (χ2n) is 4.77. The molecule has 0 aromatic heterocycles. The van der Waals surface area contributed by atoms with E-state index in [2.05, 4.69) is 59.5 Å². The number of nitrogens with zero attached hydrogens (tertiary/aromatic N) is 1. The molecule has 96 valence electrons. The summed E-state index contributed by atoms with van der Waals surface area (Å²) in [4.78, 5) is 4.24. The summed E-state index contributed by atoms with van der Waals surface area (Å²) in [6.45, 7) is 15.1. The van der Waals surface area contributed by atoms with Gasteiger partial charge in [-0.3, -0.25) is 4.99 Å². The molecule has 17 heavy (non-hydrogen) atoms. The van der Waals surface area contributed by atoms with Gasteiger partial charge in [0.15, 0.2) is 0 Å². The molecule has 0 radical (unpaired) electrons. The number of aliphatic imine (C=N–C) groups is 1. The van der Waals surface area contributed by atoms with E-state index in [1.54, 1.807) is 0 Å². The average Bonchev–Trinajstić information content (AvgIpc) is 2.34. The molecule has 0 unspecified atom stereocenters. The van der Waals surface area contributed by atoms with Crippen molar-refractivity contribution < 1.29 is 0 Å². The van der Waals surface area contributed by atoms with Gasteiger partial charge in [-0.15, -0.1) is 0 Å². The van der Waals surface area contributed by atoms with Crippen molar-refractivity contribution in [2.45, 2.75) is 54.9 Å². The number of hydrogen-bond donors (Lipinski definition) is 0. The Morgan fingerprint density at radius 2 is 1.35 bits per heavy atom. The van der Waals surface area contributed by atoms with Gasteiger partial charge in [0.25, 0.3) is 0 Å². The molecular weight excluding hydrogens is 206 g/mol. The predicted molar refractivity (Wildman–Crippen MR) is 79.8 cm³/mol. The Bertz CT molecular complexity index is 352. The number of rotatable bonds is 4. The SMILES string of the molecule is C/C=C(C)\C(C)=C(/C)C/C(C)=C(C)/C(C)=N\C. The first kappa shape index (κ1) is 15.9. The van der Waals surface area contributed by atoms with Crippen molar-refractivity contribution in [2.75, 3.05) is 7.05 Å². The molecule has 0 aromatic carbocycles. The molecule has 0 amide bonds. The fourth-order valence-corrected chi connectivity index (χ4v) is 1.69. The highest BCUT2D eigenvalue weighted by Crippen LogP contribution is 2.21. The second kappa shape index (κ2) is 7.26. The molecule has 0 saturated carbocycles. The standard InChI is InChI=1S/C16H27N/c1-9-11(2)14(5)12(3)10-13(4)15(6)16(7)17-8/h9H,10H2,1-8H3/b11-9-,14-12+,15-13+,17-16-. The van der Waals surface area contributed by atoms with Gasteiger partial charge < -0.3 is 0 Å². The van der Waals surface area contributed by atoms with Crippen molar-refractivity contribution in [3.8, 4) is 0 Å². The van der Waals surface area contributed by atoms with E-state index in [0.29, 0.717) is 0 Å². The average molecular weight is 233 g/mol. The zero-order valence-corrected chi connectivity index (χ0v) is 12.7. The maximum atomic E-state index is 4.24. The van der Waals surface area contributed by atoms with Crippen LogP contribution in [0.15, 0.2) is 38.9 Å². The minimum atomic E-state index is 1.04. The number of allylic oxidation sites excluding steroid dienone is 6. The maximum Gasteiger partial charge on any atom is 0.0342 e. The summed E-state index contributed by atoms with van der Waals surface area (Å²) in [6, 6.07) is 0. The predicted octanol–water partition coefficient (Wildman–Crippen LogP) is 5.11. The third-order valence-corrected chi connectivity index (χ3v) is 3.71. The van der Waals surface area contributed by atoms with Gasteiger partial charge in [-0.25, -0.2) is 0 Å². The summed E-state index contributed by atoms with van der Waals surface area (Å²) in [5, 5.41) is 0. The van der Waals surface area contributed by atoms with Crippen LogP contribution >= 0.6 is 0 Å². The second-order valence-corrected chi connectivity index (χ2v) is 4.77. The molecule has 0 saturated heterocycles. The van der Waals surface area contributed by atoms with Crippen molar-refractivity contribution in [1.29, 1.82) is 0 Å². The third-order valence-electron chi connectivity index (χ3n) is 3.71. The van der Waals surface area contributed by atoms with Crippen LogP contribution in [0, 0.1) is 0 Å². The Kier molecular flexibility index (Phi) is 6.79. The van der Waals surface area contributed by atoms with Crippen LogP contribution in [0.4, 0.5) is 0 Å². The van der Waals surface area contributed by atoms with Crippen LogP contribution in [0.5, 0.6) is 0 Å². The van der Waals surface area contributed by atoms with Crippen molar-refractivity contribution in [1.82, 2.24) is 0 Å². The van der Waals surface area contributed by atoms with E-state index in [9.17, 15) is 0 Å². The van der Waals surface area contributed by atoms with Crippen LogP contribution in [0.1, 0.15) is 54.9 Å². The molecule has 0 aliphatic rings. The van der Waals surface area contributed by atoms with Gasteiger partial charge >= 0.3 is 0 Å². The summed E-state index contributed by atoms with van der Waals surface area (Å²) >= 11 is 0. The van der Waals surface area contributed by atoms with Crippen LogP contribution < -0.4 is 0 Å². The van der Waals surface area contributed by atoms with Gasteiger partial charge in [-0.05, 0) is 66.0 Å². The van der Waals surface area contributed by atoms with Gasteiger partial charge in [-0.2, -0.15) is 0 Å². The van der Waals surface area contributed by atoms with Crippen molar-refractivity contribution in [2.24, 2.45) is 4.99 Å². The van der Waals surface area contributed by atoms with E-state index in [1.807, 2.05) is 7.05 Å². The molecule has 0 heterocycles. The van der Waals surface area contributed by atoms with Crippen LogP contribution in [-0.4, -0.2) is 12.8 Å². The van der Waals surface area contributed by atoms with Crippen LogP contribution in [-0.2, 0) is 0 Å². The molecule has 0 aliphatic heterocycles. The molecule has 0 fully saturated rings. The molecule has 0 bridgehead atoms. The minimum Gasteiger partial charge on any atom is -0.293 e. The first-order valence-corrected chi connectivity index (χ1v) is 6.24. The van der Waals surface area contributed by atoms with E-state index < -0.39 is 0 Å². The third kappa shape index (κ3) is 4.72. The largest absolute Gasteiger partial charge is 0.293 e. The minimum absolute atomic E-state index is 1.04. The van der Waals surface area contributed by atoms with E-state index in [4.69, 9.17) is 0 Å². The quantitative estimate of drug-likeness (QED) is 0.473. The van der Waals surface area contributed by atoms with Crippen LogP contribution in [0.25, 0.3) is 0 Å². The van der Waals surface area contributed by atoms with Crippen LogP contribution in [0.3, 0.4) is 0 Å². The molecular formula is C16H27N. The molecule has 0 spiro atoms. The lowest BCUT2D eigenvalue weighted by molar-refractivity contribution is 1.05. The normalized spacial score (nSPS) is 16.7. The molecule has 0 atom stereocenters. The lowest BCUT2D eigenvalue weighted by Crippen LogP contribution is -1.98. The highest BCUT2D eigenvalue weighted by atomic mass is 14.7. The van der Waals surface area contributed by atoms with Gasteiger partial charge in [0, 0.05) is 12.8 Å². The smallest absolute Gasteiger partial charge is 0.0342 e. The van der Waals surface area contributed by atoms with E-state index in [0.717, 1.165) is 12.1 Å². The molecule has 0 aromatic rings. The Labute approximate surface area is 107 Å². The Hall–Kier alpha value is -1.11. The summed E-state index contributed by atoms with van der Waals surface area (Å²) in [6.07, 6.45) is 3.21. The maximum absolute atomic E-state index is 4.24. The van der Waals surface area contributed by atoms with Gasteiger partial charge in [0.2, 0.25) is 0 Å². The topological polar surface area (TPSA) is 12.4 Å². The molecule has 0 rings (SSSR count). The molecule has 0 aliphatic carbocycles. The summed E-state index contributed by atoms with van der Waals surface area (Å²) < 4.78 is 0. The highest BCUT2D eigenvalue weighted by molar-refractivity contribution is 5.98. The fraction of sp³-hybridized carbons (Fsp3) is 0.562. The lowest BCUT2D eigenvalue weighted by Gasteiger charge is -2.11. The van der Waals surface area contributed by atoms with E-state index in [1.165, 1.54) is 27.9 Å². The first-order chi connectivity index (χ1) is 7.84. The lowest BCUT2D eigenvalue weighted by atomic mass is 9.95. The zero-order chi connectivity index (χ0) is 13.6. The van der Waals surface area contributed by atoms with Crippen molar-refractivity contribution >= 4 is 5.71 Å². The van der Waals surface area contributed by atoms with Crippen LogP contribution in [0.2, 0.25) is 0 Å². The summed E-state index contributed by atoms with van der Waals surface area (Å²) in [7, 11) is 1.85. The monoisotopic (exact) mass is 233 g/mol. The summed E-state index contributed by atoms with van der Waals surface area (Å²) in [5.74, 6) is 0. The van der Waals surface area contributed by atoms with Crippen molar-refractivity contribution in [3.63, 3.8) is 0 Å². The molecule has 1 heteroatoms. The highest BCUT2D eigenvalue weighted by Gasteiger charge is 2.04. The molecule has 0 N–H and O–H groups in total.